The van der Waals surface area contributed by atoms with Crippen LogP contribution in [0, 0.1) is 6.92 Å². The molecule has 110 valence electrons. The van der Waals surface area contributed by atoms with E-state index in [2.05, 4.69) is 20.4 Å². The van der Waals surface area contributed by atoms with Gasteiger partial charge in [-0.1, -0.05) is 0 Å². The third kappa shape index (κ3) is 2.82. The van der Waals surface area contributed by atoms with Crippen molar-refractivity contribution in [2.75, 3.05) is 12.4 Å². The molecule has 3 rings (SSSR count). The van der Waals surface area contributed by atoms with Gasteiger partial charge in [-0.2, -0.15) is 10.1 Å². The number of esters is 1. The van der Waals surface area contributed by atoms with Gasteiger partial charge in [-0.3, -0.25) is 4.68 Å². The topological polar surface area (TPSA) is 81.9 Å². The van der Waals surface area contributed by atoms with Crippen molar-refractivity contribution in [2.45, 2.75) is 25.8 Å². The van der Waals surface area contributed by atoms with Crippen LogP contribution in [0.5, 0.6) is 0 Å². The first-order chi connectivity index (χ1) is 10.1. The Morgan fingerprint density at radius 2 is 2.24 bits per heavy atom. The van der Waals surface area contributed by atoms with Gasteiger partial charge >= 0.3 is 5.97 Å². The molecule has 0 aromatic carbocycles. The number of hydrogen-bond acceptors (Lipinski definition) is 6. The average Bonchev–Trinajstić information content (AvgIpc) is 3.18. The number of methoxy groups -OCH3 is 1. The second kappa shape index (κ2) is 5.33. The van der Waals surface area contributed by atoms with E-state index in [0.717, 1.165) is 18.5 Å². The normalized spacial score (nSPS) is 14.0. The molecule has 1 aliphatic carbocycles. The van der Waals surface area contributed by atoms with E-state index in [1.807, 2.05) is 10.9 Å². The maximum atomic E-state index is 11.9. The zero-order chi connectivity index (χ0) is 15.0. The summed E-state index contributed by atoms with van der Waals surface area (Å²) in [6.07, 6.45) is 5.86. The van der Waals surface area contributed by atoms with E-state index in [4.69, 9.17) is 16.3 Å². The molecule has 0 bridgehead atoms. The smallest absolute Gasteiger partial charge is 0.343 e. The standard InChI is InChI=1S/C13H14ClN5O2/c1-7-10(12(20)21-2)11(18-13(14)16-7)17-8-5-15-19(6-8)9-3-4-9/h5-6,9H,3-4H2,1-2H3,(H,16,17,18). The molecule has 7 nitrogen and oxygen atoms in total. The first kappa shape index (κ1) is 13.8. The van der Waals surface area contributed by atoms with Crippen LogP contribution < -0.4 is 5.32 Å². The fourth-order valence-electron chi connectivity index (χ4n) is 2.05. The van der Waals surface area contributed by atoms with Gasteiger partial charge in [0.15, 0.2) is 0 Å². The second-order valence-corrected chi connectivity index (χ2v) is 5.20. The zero-order valence-electron chi connectivity index (χ0n) is 11.6. The molecule has 0 atom stereocenters. The Morgan fingerprint density at radius 1 is 1.48 bits per heavy atom. The van der Waals surface area contributed by atoms with E-state index in [0.29, 0.717) is 17.6 Å². The number of nitrogens with zero attached hydrogens (tertiary/aromatic N) is 4. The SMILES string of the molecule is COC(=O)c1c(C)nc(Cl)nc1Nc1cnn(C2CC2)c1. The van der Waals surface area contributed by atoms with Crippen LogP contribution in [0.4, 0.5) is 11.5 Å². The van der Waals surface area contributed by atoms with E-state index < -0.39 is 5.97 Å². The van der Waals surface area contributed by atoms with Crippen molar-refractivity contribution in [1.82, 2.24) is 19.7 Å². The van der Waals surface area contributed by atoms with Crippen LogP contribution in [0.25, 0.3) is 0 Å². The Labute approximate surface area is 126 Å². The molecule has 1 N–H and O–H groups in total. The van der Waals surface area contributed by atoms with E-state index in [1.165, 1.54) is 7.11 Å². The minimum absolute atomic E-state index is 0.0669. The Morgan fingerprint density at radius 3 is 2.90 bits per heavy atom. The molecule has 2 aromatic heterocycles. The summed E-state index contributed by atoms with van der Waals surface area (Å²) in [6, 6.07) is 0.483. The molecule has 1 aliphatic rings. The minimum Gasteiger partial charge on any atom is -0.465 e. The summed E-state index contributed by atoms with van der Waals surface area (Å²) in [5.74, 6) is -0.198. The van der Waals surface area contributed by atoms with Crippen molar-refractivity contribution in [3.05, 3.63) is 28.9 Å². The van der Waals surface area contributed by atoms with Crippen LogP contribution in [-0.4, -0.2) is 32.8 Å². The van der Waals surface area contributed by atoms with Crippen LogP contribution in [-0.2, 0) is 4.74 Å². The predicted molar refractivity (Wildman–Crippen MR) is 76.9 cm³/mol. The van der Waals surface area contributed by atoms with Crippen molar-refractivity contribution in [3.63, 3.8) is 0 Å². The number of carbonyl (C=O) groups excluding carboxylic acids is 1. The Balaban J connectivity index is 1.93. The fraction of sp³-hybridized carbons (Fsp3) is 0.385. The van der Waals surface area contributed by atoms with E-state index in [-0.39, 0.29) is 10.8 Å². The summed E-state index contributed by atoms with van der Waals surface area (Å²) >= 11 is 5.87. The van der Waals surface area contributed by atoms with Gasteiger partial charge in [0.05, 0.1) is 30.7 Å². The summed E-state index contributed by atoms with van der Waals surface area (Å²) in [7, 11) is 1.31. The Hall–Kier alpha value is -2.15. The lowest BCUT2D eigenvalue weighted by Crippen LogP contribution is -2.11. The summed E-state index contributed by atoms with van der Waals surface area (Å²) in [5.41, 5.74) is 1.46. The van der Waals surface area contributed by atoms with Gasteiger partial charge in [0, 0.05) is 6.20 Å². The molecule has 0 amide bonds. The van der Waals surface area contributed by atoms with Crippen molar-refractivity contribution in [3.8, 4) is 0 Å². The van der Waals surface area contributed by atoms with Crippen LogP contribution in [0.3, 0.4) is 0 Å². The highest BCUT2D eigenvalue weighted by Gasteiger charge is 2.25. The molecule has 8 heteroatoms. The maximum absolute atomic E-state index is 11.9. The number of halogens is 1. The van der Waals surface area contributed by atoms with Crippen LogP contribution in [0.15, 0.2) is 12.4 Å². The lowest BCUT2D eigenvalue weighted by Gasteiger charge is -2.10. The van der Waals surface area contributed by atoms with Gasteiger partial charge in [-0.25, -0.2) is 9.78 Å². The van der Waals surface area contributed by atoms with E-state index in [9.17, 15) is 4.79 Å². The number of rotatable bonds is 4. The van der Waals surface area contributed by atoms with Gasteiger partial charge in [0.1, 0.15) is 11.4 Å². The van der Waals surface area contributed by atoms with Crippen LogP contribution in [0.1, 0.15) is 34.9 Å². The van der Waals surface area contributed by atoms with Gasteiger partial charge in [-0.15, -0.1) is 0 Å². The van der Waals surface area contributed by atoms with Crippen LogP contribution in [0.2, 0.25) is 5.28 Å². The predicted octanol–water partition coefficient (Wildman–Crippen LogP) is 2.50. The highest BCUT2D eigenvalue weighted by molar-refractivity contribution is 6.28. The molecule has 0 spiro atoms. The largest absolute Gasteiger partial charge is 0.465 e. The number of ether oxygens (including phenoxy) is 1. The number of nitrogens with one attached hydrogen (secondary N) is 1. The fourth-order valence-corrected chi connectivity index (χ4v) is 2.27. The van der Waals surface area contributed by atoms with Gasteiger partial charge in [0.2, 0.25) is 5.28 Å². The first-order valence-corrected chi connectivity index (χ1v) is 6.90. The molecule has 0 saturated heterocycles. The molecular weight excluding hydrogens is 294 g/mol. The molecule has 2 aromatic rings. The summed E-state index contributed by atoms with van der Waals surface area (Å²) in [6.45, 7) is 1.68. The maximum Gasteiger partial charge on any atom is 0.343 e. The van der Waals surface area contributed by atoms with Gasteiger partial charge < -0.3 is 10.1 Å². The summed E-state index contributed by atoms with van der Waals surface area (Å²) < 4.78 is 6.66. The summed E-state index contributed by atoms with van der Waals surface area (Å²) in [4.78, 5) is 19.9. The molecular formula is C13H14ClN5O2. The number of anilines is 2. The highest BCUT2D eigenvalue weighted by Crippen LogP contribution is 2.35. The van der Waals surface area contributed by atoms with E-state index >= 15 is 0 Å². The van der Waals surface area contributed by atoms with Crippen LogP contribution >= 0.6 is 11.6 Å². The average molecular weight is 308 g/mol. The third-order valence-electron chi connectivity index (χ3n) is 3.24. The zero-order valence-corrected chi connectivity index (χ0v) is 12.4. The summed E-state index contributed by atoms with van der Waals surface area (Å²) in [5, 5.41) is 7.40. The van der Waals surface area contributed by atoms with Crippen molar-refractivity contribution >= 4 is 29.1 Å². The number of carbonyl (C=O) groups is 1. The lowest BCUT2D eigenvalue weighted by molar-refractivity contribution is 0.0600. The molecule has 1 fully saturated rings. The molecule has 21 heavy (non-hydrogen) atoms. The second-order valence-electron chi connectivity index (χ2n) is 4.86. The van der Waals surface area contributed by atoms with Crippen molar-refractivity contribution in [1.29, 1.82) is 0 Å². The molecule has 0 aliphatic heterocycles. The third-order valence-corrected chi connectivity index (χ3v) is 3.41. The number of hydrogen-bond donors (Lipinski definition) is 1. The molecule has 2 heterocycles. The highest BCUT2D eigenvalue weighted by atomic mass is 35.5. The monoisotopic (exact) mass is 307 g/mol. The minimum atomic E-state index is -0.513. The van der Waals surface area contributed by atoms with Crippen molar-refractivity contribution in [2.24, 2.45) is 0 Å². The van der Waals surface area contributed by atoms with Crippen molar-refractivity contribution < 1.29 is 9.53 Å². The number of aryl methyl sites for hydroxylation is 1. The number of aromatic nitrogens is 4. The first-order valence-electron chi connectivity index (χ1n) is 6.52. The van der Waals surface area contributed by atoms with Gasteiger partial charge in [0.25, 0.3) is 0 Å². The van der Waals surface area contributed by atoms with Gasteiger partial charge in [-0.05, 0) is 31.4 Å². The molecule has 0 unspecified atom stereocenters. The Kier molecular flexibility index (Phi) is 3.50. The molecule has 0 radical (unpaired) electrons. The molecule has 1 saturated carbocycles. The quantitative estimate of drug-likeness (QED) is 0.690. The van der Waals surface area contributed by atoms with E-state index in [1.54, 1.807) is 13.1 Å². The Bertz CT molecular complexity index is 696. The lowest BCUT2D eigenvalue weighted by atomic mass is 10.2.